The maximum Gasteiger partial charge on any atom is 0.0424 e. The van der Waals surface area contributed by atoms with Gasteiger partial charge in [0.1, 0.15) is 0 Å². The predicted molar refractivity (Wildman–Crippen MR) is 77.6 cm³/mol. The van der Waals surface area contributed by atoms with E-state index in [0.717, 1.165) is 12.6 Å². The Morgan fingerprint density at radius 3 is 2.67 bits per heavy atom. The van der Waals surface area contributed by atoms with Crippen LogP contribution in [0.15, 0.2) is 24.3 Å². The lowest BCUT2D eigenvalue weighted by molar-refractivity contribution is 0.182. The van der Waals surface area contributed by atoms with Crippen LogP contribution < -0.4 is 5.73 Å². The Morgan fingerprint density at radius 2 is 2.00 bits per heavy atom. The highest BCUT2D eigenvalue weighted by atomic mass is 15.1. The average molecular weight is 246 g/mol. The van der Waals surface area contributed by atoms with E-state index in [9.17, 15) is 0 Å². The third-order valence-corrected chi connectivity index (χ3v) is 4.15. The molecule has 1 fully saturated rings. The van der Waals surface area contributed by atoms with E-state index in [4.69, 9.17) is 5.73 Å². The Morgan fingerprint density at radius 1 is 1.28 bits per heavy atom. The van der Waals surface area contributed by atoms with Gasteiger partial charge in [-0.2, -0.15) is 0 Å². The van der Waals surface area contributed by atoms with Crippen LogP contribution in [0.2, 0.25) is 0 Å². The van der Waals surface area contributed by atoms with Crippen molar-refractivity contribution in [3.63, 3.8) is 0 Å². The summed E-state index contributed by atoms with van der Waals surface area (Å²) in [5.74, 6) is 0. The first-order valence-corrected chi connectivity index (χ1v) is 7.19. The van der Waals surface area contributed by atoms with Crippen LogP contribution in [0, 0.1) is 6.92 Å². The van der Waals surface area contributed by atoms with Crippen molar-refractivity contribution >= 4 is 0 Å². The van der Waals surface area contributed by atoms with Crippen LogP contribution in [-0.4, -0.2) is 24.5 Å². The molecule has 100 valence electrons. The van der Waals surface area contributed by atoms with Crippen molar-refractivity contribution in [3.8, 4) is 0 Å². The zero-order chi connectivity index (χ0) is 13.0. The molecule has 1 aliphatic rings. The summed E-state index contributed by atoms with van der Waals surface area (Å²) < 4.78 is 0. The molecule has 1 aromatic rings. The molecule has 1 unspecified atom stereocenters. The smallest absolute Gasteiger partial charge is 0.0424 e. The minimum absolute atomic E-state index is 0.136. The summed E-state index contributed by atoms with van der Waals surface area (Å²) in [6.45, 7) is 3.09. The molecule has 0 amide bonds. The lowest BCUT2D eigenvalue weighted by atomic mass is 9.94. The number of likely N-dealkylation sites (N-methyl/N-ethyl adjacent to an activating group) is 1. The molecule has 2 rings (SSSR count). The van der Waals surface area contributed by atoms with Gasteiger partial charge in [0.25, 0.3) is 0 Å². The molecule has 0 spiro atoms. The maximum atomic E-state index is 6.33. The fourth-order valence-electron chi connectivity index (χ4n) is 2.99. The van der Waals surface area contributed by atoms with E-state index < -0.39 is 0 Å². The number of aryl methyl sites for hydroxylation is 1. The van der Waals surface area contributed by atoms with Crippen LogP contribution in [0.5, 0.6) is 0 Å². The van der Waals surface area contributed by atoms with Crippen LogP contribution in [0.1, 0.15) is 49.3 Å². The third kappa shape index (κ3) is 3.56. The normalized spacial score (nSPS) is 19.1. The molecule has 18 heavy (non-hydrogen) atoms. The van der Waals surface area contributed by atoms with Crippen LogP contribution >= 0.6 is 0 Å². The van der Waals surface area contributed by atoms with Gasteiger partial charge in [0.05, 0.1) is 0 Å². The van der Waals surface area contributed by atoms with Crippen LogP contribution in [0.4, 0.5) is 0 Å². The van der Waals surface area contributed by atoms with Gasteiger partial charge in [0, 0.05) is 18.6 Å². The number of nitrogens with zero attached hydrogens (tertiary/aromatic N) is 1. The van der Waals surface area contributed by atoms with Crippen molar-refractivity contribution in [2.24, 2.45) is 5.73 Å². The van der Waals surface area contributed by atoms with Gasteiger partial charge in [-0.15, -0.1) is 0 Å². The monoisotopic (exact) mass is 246 g/mol. The predicted octanol–water partition coefficient (Wildman–Crippen LogP) is 3.26. The number of hydrogen-bond acceptors (Lipinski definition) is 2. The fourth-order valence-corrected chi connectivity index (χ4v) is 2.99. The van der Waals surface area contributed by atoms with E-state index in [0.29, 0.717) is 0 Å². The number of rotatable bonds is 4. The molecule has 2 heteroatoms. The molecule has 0 aromatic heterocycles. The Kier molecular flexibility index (Phi) is 4.79. The Bertz CT molecular complexity index is 369. The molecule has 1 aromatic carbocycles. The summed E-state index contributed by atoms with van der Waals surface area (Å²) in [6, 6.07) is 9.46. The second-order valence-corrected chi connectivity index (χ2v) is 5.75. The highest BCUT2D eigenvalue weighted by molar-refractivity contribution is 5.25. The van der Waals surface area contributed by atoms with Crippen LogP contribution in [0.25, 0.3) is 0 Å². The quantitative estimate of drug-likeness (QED) is 0.883. The first-order valence-electron chi connectivity index (χ1n) is 7.19. The van der Waals surface area contributed by atoms with Gasteiger partial charge < -0.3 is 10.6 Å². The second-order valence-electron chi connectivity index (χ2n) is 5.75. The zero-order valence-electron chi connectivity index (χ0n) is 11.7. The van der Waals surface area contributed by atoms with Crippen molar-refractivity contribution in [2.75, 3.05) is 13.6 Å². The molecule has 1 saturated carbocycles. The molecule has 0 bridgehead atoms. The van der Waals surface area contributed by atoms with Crippen molar-refractivity contribution in [1.82, 2.24) is 4.90 Å². The van der Waals surface area contributed by atoms with E-state index in [-0.39, 0.29) is 6.04 Å². The lowest BCUT2D eigenvalue weighted by Crippen LogP contribution is -2.38. The SMILES string of the molecule is Cc1cccc(C(N)CN(C)C2CCCCC2)c1. The van der Waals surface area contributed by atoms with Gasteiger partial charge >= 0.3 is 0 Å². The van der Waals surface area contributed by atoms with Gasteiger partial charge in [-0.3, -0.25) is 0 Å². The number of nitrogens with two attached hydrogens (primary N) is 1. The van der Waals surface area contributed by atoms with Crippen molar-refractivity contribution < 1.29 is 0 Å². The summed E-state index contributed by atoms with van der Waals surface area (Å²) in [4.78, 5) is 2.46. The van der Waals surface area contributed by atoms with E-state index >= 15 is 0 Å². The summed E-state index contributed by atoms with van der Waals surface area (Å²) in [6.07, 6.45) is 6.87. The van der Waals surface area contributed by atoms with E-state index in [1.165, 1.54) is 43.2 Å². The summed E-state index contributed by atoms with van der Waals surface area (Å²) in [5.41, 5.74) is 8.89. The van der Waals surface area contributed by atoms with E-state index in [1.54, 1.807) is 0 Å². The molecule has 0 aliphatic heterocycles. The Hall–Kier alpha value is -0.860. The molecule has 2 N–H and O–H groups in total. The largest absolute Gasteiger partial charge is 0.323 e. The van der Waals surface area contributed by atoms with Gasteiger partial charge in [0.2, 0.25) is 0 Å². The number of hydrogen-bond donors (Lipinski definition) is 1. The highest BCUT2D eigenvalue weighted by Gasteiger charge is 2.20. The Labute approximate surface area is 111 Å². The summed E-state index contributed by atoms with van der Waals surface area (Å²) in [7, 11) is 2.23. The molecule has 1 atom stereocenters. The number of benzene rings is 1. The molecule has 0 saturated heterocycles. The standard InChI is InChI=1S/C16H26N2/c1-13-7-6-8-14(11-13)16(17)12-18(2)15-9-4-3-5-10-15/h6-8,11,15-16H,3-5,9-10,12,17H2,1-2H3. The minimum atomic E-state index is 0.136. The van der Waals surface area contributed by atoms with Gasteiger partial charge in [0.15, 0.2) is 0 Å². The average Bonchev–Trinajstić information content (AvgIpc) is 2.39. The van der Waals surface area contributed by atoms with Gasteiger partial charge in [-0.05, 0) is 32.4 Å². The molecular weight excluding hydrogens is 220 g/mol. The highest BCUT2D eigenvalue weighted by Crippen LogP contribution is 2.23. The first-order chi connectivity index (χ1) is 8.66. The molecular formula is C16H26N2. The summed E-state index contributed by atoms with van der Waals surface area (Å²) in [5, 5.41) is 0. The van der Waals surface area contributed by atoms with Gasteiger partial charge in [-0.25, -0.2) is 0 Å². The van der Waals surface area contributed by atoms with Gasteiger partial charge in [-0.1, -0.05) is 49.1 Å². The lowest BCUT2D eigenvalue weighted by Gasteiger charge is -2.33. The molecule has 2 nitrogen and oxygen atoms in total. The van der Waals surface area contributed by atoms with Crippen LogP contribution in [0.3, 0.4) is 0 Å². The molecule has 1 aliphatic carbocycles. The van der Waals surface area contributed by atoms with E-state index in [2.05, 4.69) is 43.1 Å². The zero-order valence-corrected chi connectivity index (χ0v) is 11.7. The third-order valence-electron chi connectivity index (χ3n) is 4.15. The van der Waals surface area contributed by atoms with Crippen molar-refractivity contribution in [1.29, 1.82) is 0 Å². The fraction of sp³-hybridized carbons (Fsp3) is 0.625. The Balaban J connectivity index is 1.91. The topological polar surface area (TPSA) is 29.3 Å². The van der Waals surface area contributed by atoms with Crippen molar-refractivity contribution in [2.45, 2.75) is 51.1 Å². The van der Waals surface area contributed by atoms with Crippen molar-refractivity contribution in [3.05, 3.63) is 35.4 Å². The summed E-state index contributed by atoms with van der Waals surface area (Å²) >= 11 is 0. The molecule has 0 heterocycles. The molecule has 0 radical (unpaired) electrons. The van der Waals surface area contributed by atoms with Crippen LogP contribution in [-0.2, 0) is 0 Å². The first kappa shape index (κ1) is 13.6. The minimum Gasteiger partial charge on any atom is -0.323 e. The maximum absolute atomic E-state index is 6.33. The van der Waals surface area contributed by atoms with E-state index in [1.807, 2.05) is 0 Å². The second kappa shape index (κ2) is 6.35.